The Labute approximate surface area is 135 Å². The molecule has 1 aliphatic rings. The summed E-state index contributed by atoms with van der Waals surface area (Å²) in [6.45, 7) is 2.14. The van der Waals surface area contributed by atoms with Gasteiger partial charge in [0.15, 0.2) is 5.82 Å². The third-order valence-electron chi connectivity index (χ3n) is 4.13. The van der Waals surface area contributed by atoms with E-state index in [0.717, 1.165) is 24.9 Å². The van der Waals surface area contributed by atoms with Crippen molar-refractivity contribution in [3.8, 4) is 0 Å². The molecule has 0 saturated carbocycles. The number of hydrogen-bond acceptors (Lipinski definition) is 3. The van der Waals surface area contributed by atoms with E-state index < -0.39 is 0 Å². The molecule has 0 aliphatic carbocycles. The predicted octanol–water partition coefficient (Wildman–Crippen LogP) is 2.17. The molecule has 1 fully saturated rings. The number of anilines is 1. The number of piperidine rings is 1. The Morgan fingerprint density at radius 2 is 2.13 bits per heavy atom. The Balaban J connectivity index is 1.57. The highest BCUT2D eigenvalue weighted by molar-refractivity contribution is 5.88. The molecule has 1 aromatic heterocycles. The lowest BCUT2D eigenvalue weighted by atomic mass is 9.99. The number of carbonyl (C=O) groups is 1. The molecule has 1 aliphatic heterocycles. The van der Waals surface area contributed by atoms with Crippen molar-refractivity contribution in [1.29, 1.82) is 0 Å². The largest absolute Gasteiger partial charge is 0.396 e. The van der Waals surface area contributed by atoms with Crippen LogP contribution in [0.3, 0.4) is 0 Å². The van der Waals surface area contributed by atoms with Crippen molar-refractivity contribution in [3.05, 3.63) is 48.2 Å². The number of carbonyl (C=O) groups excluding carboxylic acids is 1. The van der Waals surface area contributed by atoms with E-state index in [1.807, 2.05) is 36.5 Å². The van der Waals surface area contributed by atoms with Gasteiger partial charge in [-0.25, -0.2) is 4.79 Å². The zero-order chi connectivity index (χ0) is 16.1. The molecule has 6 nitrogen and oxygen atoms in total. The normalized spacial score (nSPS) is 18.0. The minimum atomic E-state index is -0.145. The van der Waals surface area contributed by atoms with Gasteiger partial charge in [-0.1, -0.05) is 30.3 Å². The molecule has 2 aromatic rings. The summed E-state index contributed by atoms with van der Waals surface area (Å²) >= 11 is 0. The van der Waals surface area contributed by atoms with Crippen molar-refractivity contribution < 1.29 is 9.90 Å². The second kappa shape index (κ2) is 7.28. The molecule has 1 aromatic carbocycles. The monoisotopic (exact) mass is 314 g/mol. The van der Waals surface area contributed by atoms with Crippen LogP contribution in [0.5, 0.6) is 0 Å². The summed E-state index contributed by atoms with van der Waals surface area (Å²) in [5.41, 5.74) is 1.16. The molecule has 122 valence electrons. The van der Waals surface area contributed by atoms with Crippen LogP contribution in [-0.2, 0) is 6.54 Å². The summed E-state index contributed by atoms with van der Waals surface area (Å²) in [7, 11) is 0. The number of aromatic nitrogens is 2. The third-order valence-corrected chi connectivity index (χ3v) is 4.13. The van der Waals surface area contributed by atoms with Crippen LogP contribution < -0.4 is 5.32 Å². The second-order valence-electron chi connectivity index (χ2n) is 5.95. The number of likely N-dealkylation sites (tertiary alicyclic amines) is 1. The van der Waals surface area contributed by atoms with Crippen LogP contribution in [0.25, 0.3) is 0 Å². The molecular weight excluding hydrogens is 292 g/mol. The standard InChI is InChI=1S/C17H22N4O2/c22-13-15-7-4-9-20(11-15)17(23)18-16-8-10-21(19-16)12-14-5-2-1-3-6-14/h1-3,5-6,8,10,15,22H,4,7,9,11-13H2,(H,18,19,23). The first-order valence-corrected chi connectivity index (χ1v) is 7.99. The van der Waals surface area contributed by atoms with Gasteiger partial charge in [-0.05, 0) is 24.3 Å². The van der Waals surface area contributed by atoms with Crippen LogP contribution in [0, 0.1) is 5.92 Å². The molecule has 0 bridgehead atoms. The van der Waals surface area contributed by atoms with Gasteiger partial charge in [0.05, 0.1) is 6.54 Å². The first kappa shape index (κ1) is 15.6. The molecule has 2 amide bonds. The summed E-state index contributed by atoms with van der Waals surface area (Å²) < 4.78 is 1.80. The lowest BCUT2D eigenvalue weighted by molar-refractivity contribution is 0.136. The third kappa shape index (κ3) is 4.10. The highest BCUT2D eigenvalue weighted by Crippen LogP contribution is 2.17. The molecule has 0 radical (unpaired) electrons. The maximum Gasteiger partial charge on any atom is 0.323 e. The molecule has 0 spiro atoms. The zero-order valence-electron chi connectivity index (χ0n) is 13.1. The van der Waals surface area contributed by atoms with E-state index in [-0.39, 0.29) is 18.6 Å². The van der Waals surface area contributed by atoms with E-state index in [0.29, 0.717) is 18.9 Å². The first-order valence-electron chi connectivity index (χ1n) is 7.99. The molecule has 2 heterocycles. The summed E-state index contributed by atoms with van der Waals surface area (Å²) in [4.78, 5) is 14.0. The lowest BCUT2D eigenvalue weighted by Crippen LogP contribution is -2.43. The fourth-order valence-corrected chi connectivity index (χ4v) is 2.87. The van der Waals surface area contributed by atoms with E-state index >= 15 is 0 Å². The van der Waals surface area contributed by atoms with E-state index in [2.05, 4.69) is 10.4 Å². The van der Waals surface area contributed by atoms with Crippen molar-refractivity contribution in [2.45, 2.75) is 19.4 Å². The van der Waals surface area contributed by atoms with Gasteiger partial charge in [-0.15, -0.1) is 0 Å². The number of nitrogens with zero attached hydrogens (tertiary/aromatic N) is 3. The van der Waals surface area contributed by atoms with Crippen molar-refractivity contribution >= 4 is 11.8 Å². The fourth-order valence-electron chi connectivity index (χ4n) is 2.87. The van der Waals surface area contributed by atoms with Gasteiger partial charge >= 0.3 is 6.03 Å². The molecule has 23 heavy (non-hydrogen) atoms. The van der Waals surface area contributed by atoms with E-state index in [1.54, 1.807) is 15.6 Å². The molecule has 1 unspecified atom stereocenters. The van der Waals surface area contributed by atoms with Gasteiger partial charge in [0.25, 0.3) is 0 Å². The molecule has 2 N–H and O–H groups in total. The zero-order valence-corrected chi connectivity index (χ0v) is 13.1. The van der Waals surface area contributed by atoms with Gasteiger partial charge in [0.2, 0.25) is 0 Å². The maximum absolute atomic E-state index is 12.3. The average molecular weight is 314 g/mol. The Kier molecular flexibility index (Phi) is 4.92. The molecular formula is C17H22N4O2. The smallest absolute Gasteiger partial charge is 0.323 e. The summed E-state index contributed by atoms with van der Waals surface area (Å²) in [5, 5.41) is 16.5. The molecule has 3 rings (SSSR count). The highest BCUT2D eigenvalue weighted by atomic mass is 16.3. The van der Waals surface area contributed by atoms with Gasteiger partial charge in [-0.3, -0.25) is 10.00 Å². The van der Waals surface area contributed by atoms with E-state index in [1.165, 1.54) is 0 Å². The predicted molar refractivity (Wildman–Crippen MR) is 88.2 cm³/mol. The van der Waals surface area contributed by atoms with Crippen molar-refractivity contribution in [3.63, 3.8) is 0 Å². The second-order valence-corrected chi connectivity index (χ2v) is 5.95. The first-order chi connectivity index (χ1) is 11.2. The highest BCUT2D eigenvalue weighted by Gasteiger charge is 2.23. The van der Waals surface area contributed by atoms with E-state index in [4.69, 9.17) is 0 Å². The summed E-state index contributed by atoms with van der Waals surface area (Å²) in [6.07, 6.45) is 3.77. The summed E-state index contributed by atoms with van der Waals surface area (Å²) in [6, 6.07) is 11.7. The lowest BCUT2D eigenvalue weighted by Gasteiger charge is -2.31. The topological polar surface area (TPSA) is 70.4 Å². The molecule has 1 atom stereocenters. The number of rotatable bonds is 4. The van der Waals surface area contributed by atoms with Crippen LogP contribution in [0.15, 0.2) is 42.6 Å². The Morgan fingerprint density at radius 1 is 1.30 bits per heavy atom. The maximum atomic E-state index is 12.3. The Morgan fingerprint density at radius 3 is 2.91 bits per heavy atom. The Hall–Kier alpha value is -2.34. The van der Waals surface area contributed by atoms with Crippen LogP contribution in [0.1, 0.15) is 18.4 Å². The van der Waals surface area contributed by atoms with Crippen LogP contribution in [-0.4, -0.2) is 45.5 Å². The van der Waals surface area contributed by atoms with Crippen molar-refractivity contribution in [2.24, 2.45) is 5.92 Å². The number of hydrogen-bond donors (Lipinski definition) is 2. The number of urea groups is 1. The van der Waals surface area contributed by atoms with Gasteiger partial charge in [0.1, 0.15) is 0 Å². The van der Waals surface area contributed by atoms with Gasteiger partial charge in [0, 0.05) is 32.0 Å². The van der Waals surface area contributed by atoms with Gasteiger partial charge in [-0.2, -0.15) is 5.10 Å². The number of nitrogens with one attached hydrogen (secondary N) is 1. The summed E-state index contributed by atoms with van der Waals surface area (Å²) in [5.74, 6) is 0.738. The van der Waals surface area contributed by atoms with Crippen molar-refractivity contribution in [1.82, 2.24) is 14.7 Å². The fraction of sp³-hybridized carbons (Fsp3) is 0.412. The molecule has 1 saturated heterocycles. The van der Waals surface area contributed by atoms with Crippen molar-refractivity contribution in [2.75, 3.05) is 25.0 Å². The quantitative estimate of drug-likeness (QED) is 0.908. The van der Waals surface area contributed by atoms with Gasteiger partial charge < -0.3 is 10.0 Å². The van der Waals surface area contributed by atoms with Crippen LogP contribution in [0.4, 0.5) is 10.6 Å². The number of benzene rings is 1. The number of amides is 2. The number of aliphatic hydroxyl groups excluding tert-OH is 1. The van der Waals surface area contributed by atoms with Crippen LogP contribution >= 0.6 is 0 Å². The van der Waals surface area contributed by atoms with Crippen LogP contribution in [0.2, 0.25) is 0 Å². The molecule has 6 heteroatoms. The minimum Gasteiger partial charge on any atom is -0.396 e. The number of aliphatic hydroxyl groups is 1. The SMILES string of the molecule is O=C(Nc1ccn(Cc2ccccc2)n1)N1CCCC(CO)C1. The average Bonchev–Trinajstić information content (AvgIpc) is 3.02. The Bertz CT molecular complexity index is 641. The van der Waals surface area contributed by atoms with E-state index in [9.17, 15) is 9.90 Å². The minimum absolute atomic E-state index is 0.134.